The topological polar surface area (TPSA) is 53.5 Å². The zero-order valence-electron chi connectivity index (χ0n) is 12.2. The van der Waals surface area contributed by atoms with E-state index in [4.69, 9.17) is 23.2 Å². The van der Waals surface area contributed by atoms with Crippen LogP contribution in [0.1, 0.15) is 11.1 Å². The molecule has 1 heterocycles. The first kappa shape index (κ1) is 15.6. The Morgan fingerprint density at radius 3 is 2.65 bits per heavy atom. The maximum atomic E-state index is 12.3. The van der Waals surface area contributed by atoms with Crippen LogP contribution in [0.3, 0.4) is 0 Å². The zero-order valence-corrected chi connectivity index (χ0v) is 13.7. The van der Waals surface area contributed by atoms with Gasteiger partial charge in [-0.2, -0.15) is 0 Å². The Hall–Kier alpha value is -2.30. The molecule has 0 saturated heterocycles. The van der Waals surface area contributed by atoms with Crippen molar-refractivity contribution < 1.29 is 4.79 Å². The summed E-state index contributed by atoms with van der Waals surface area (Å²) in [6.07, 6.45) is 1.54. The van der Waals surface area contributed by atoms with E-state index in [2.05, 4.69) is 15.6 Å². The molecule has 6 heteroatoms. The van der Waals surface area contributed by atoms with Gasteiger partial charge < -0.3 is 10.6 Å². The molecule has 1 aliphatic rings. The normalized spacial score (nSPS) is 15.5. The van der Waals surface area contributed by atoms with Gasteiger partial charge in [-0.3, -0.25) is 4.79 Å². The second kappa shape index (κ2) is 6.44. The number of amides is 1. The Balaban J connectivity index is 2.30. The molecule has 2 N–H and O–H groups in total. The Morgan fingerprint density at radius 2 is 1.91 bits per heavy atom. The highest BCUT2D eigenvalue weighted by Crippen LogP contribution is 2.30. The molecule has 23 heavy (non-hydrogen) atoms. The first-order valence-electron chi connectivity index (χ1n) is 6.92. The Bertz CT molecular complexity index is 843. The number of hydrogen-bond donors (Lipinski definition) is 2. The quantitative estimate of drug-likeness (QED) is 0.812. The molecule has 1 amide bonds. The summed E-state index contributed by atoms with van der Waals surface area (Å²) < 4.78 is 0. The van der Waals surface area contributed by atoms with Crippen LogP contribution in [0.2, 0.25) is 10.0 Å². The van der Waals surface area contributed by atoms with Gasteiger partial charge in [0.05, 0.1) is 11.4 Å². The predicted octanol–water partition coefficient (Wildman–Crippen LogP) is 3.84. The van der Waals surface area contributed by atoms with Gasteiger partial charge in [-0.1, -0.05) is 41.4 Å². The lowest BCUT2D eigenvalue weighted by molar-refractivity contribution is -0.112. The molecule has 0 bridgehead atoms. The van der Waals surface area contributed by atoms with Gasteiger partial charge >= 0.3 is 0 Å². The Kier molecular flexibility index (Phi) is 4.37. The maximum Gasteiger partial charge on any atom is 0.275 e. The van der Waals surface area contributed by atoms with E-state index in [0.717, 1.165) is 11.1 Å². The second-order valence-corrected chi connectivity index (χ2v) is 5.75. The van der Waals surface area contributed by atoms with E-state index in [-0.39, 0.29) is 11.6 Å². The third kappa shape index (κ3) is 3.09. The fraction of sp³-hybridized carbons (Fsp3) is 0.0588. The van der Waals surface area contributed by atoms with Gasteiger partial charge in [-0.15, -0.1) is 0 Å². The standard InChI is InChI=1S/C17H13Cl2N3O/c1-20-9-15-17(23)22-14-7-6-10(18)8-12(14)16(21-15)11-4-2-3-5-13(11)19/h2-9,20H,1H3,(H,22,23). The van der Waals surface area contributed by atoms with E-state index < -0.39 is 0 Å². The molecule has 116 valence electrons. The number of fused-ring (bicyclic) bond motifs is 1. The van der Waals surface area contributed by atoms with E-state index in [1.807, 2.05) is 18.2 Å². The summed E-state index contributed by atoms with van der Waals surface area (Å²) in [5.41, 5.74) is 2.94. The number of nitrogens with one attached hydrogen (secondary N) is 2. The number of anilines is 1. The molecule has 1 aliphatic heterocycles. The lowest BCUT2D eigenvalue weighted by atomic mass is 10.0. The summed E-state index contributed by atoms with van der Waals surface area (Å²) in [6.45, 7) is 0. The van der Waals surface area contributed by atoms with Crippen molar-refractivity contribution in [1.29, 1.82) is 0 Å². The smallest absolute Gasteiger partial charge is 0.275 e. The minimum atomic E-state index is -0.301. The van der Waals surface area contributed by atoms with Crippen LogP contribution < -0.4 is 10.6 Å². The number of rotatable bonds is 2. The number of aliphatic imine (C=N–C) groups is 1. The molecule has 4 nitrogen and oxygen atoms in total. The van der Waals surface area contributed by atoms with Crippen LogP contribution in [-0.2, 0) is 4.79 Å². The molecular formula is C17H13Cl2N3O. The maximum absolute atomic E-state index is 12.3. The van der Waals surface area contributed by atoms with Crippen molar-refractivity contribution in [3.63, 3.8) is 0 Å². The average molecular weight is 346 g/mol. The SMILES string of the molecule is CNC=C1N=C(c2ccccc2Cl)c2cc(Cl)ccc2NC1=O. The third-order valence-electron chi connectivity index (χ3n) is 3.36. The molecule has 0 aromatic heterocycles. The van der Waals surface area contributed by atoms with Crippen molar-refractivity contribution in [1.82, 2.24) is 5.32 Å². The predicted molar refractivity (Wildman–Crippen MR) is 94.3 cm³/mol. The van der Waals surface area contributed by atoms with Gasteiger partial charge in [-0.25, -0.2) is 4.99 Å². The first-order chi connectivity index (χ1) is 11.1. The molecule has 2 aromatic carbocycles. The monoisotopic (exact) mass is 345 g/mol. The van der Waals surface area contributed by atoms with Gasteiger partial charge in [0.1, 0.15) is 5.70 Å². The van der Waals surface area contributed by atoms with Gasteiger partial charge in [0.2, 0.25) is 0 Å². The van der Waals surface area contributed by atoms with Crippen LogP contribution in [0, 0.1) is 0 Å². The highest BCUT2D eigenvalue weighted by atomic mass is 35.5. The number of benzene rings is 2. The van der Waals surface area contributed by atoms with Crippen molar-refractivity contribution in [2.75, 3.05) is 12.4 Å². The summed E-state index contributed by atoms with van der Waals surface area (Å²) in [5.74, 6) is -0.301. The fourth-order valence-corrected chi connectivity index (χ4v) is 2.73. The molecule has 0 spiro atoms. The number of hydrogen-bond acceptors (Lipinski definition) is 3. The van der Waals surface area contributed by atoms with Crippen molar-refractivity contribution >= 4 is 40.5 Å². The molecule has 0 aliphatic carbocycles. The fourth-order valence-electron chi connectivity index (χ4n) is 2.33. The van der Waals surface area contributed by atoms with E-state index in [0.29, 0.717) is 21.4 Å². The summed E-state index contributed by atoms with van der Waals surface area (Å²) in [4.78, 5) is 16.8. The van der Waals surface area contributed by atoms with Crippen LogP contribution in [0.4, 0.5) is 5.69 Å². The van der Waals surface area contributed by atoms with E-state index in [9.17, 15) is 4.79 Å². The highest BCUT2D eigenvalue weighted by Gasteiger charge is 2.22. The molecular weight excluding hydrogens is 333 g/mol. The molecule has 0 unspecified atom stereocenters. The Morgan fingerprint density at radius 1 is 1.13 bits per heavy atom. The molecule has 0 fully saturated rings. The van der Waals surface area contributed by atoms with Crippen LogP contribution in [0.5, 0.6) is 0 Å². The average Bonchev–Trinajstić information content (AvgIpc) is 2.66. The number of halogens is 2. The summed E-state index contributed by atoms with van der Waals surface area (Å²) >= 11 is 12.5. The van der Waals surface area contributed by atoms with Crippen molar-refractivity contribution in [3.05, 3.63) is 75.5 Å². The second-order valence-electron chi connectivity index (χ2n) is 4.90. The van der Waals surface area contributed by atoms with E-state index >= 15 is 0 Å². The Labute approximate surface area is 143 Å². The van der Waals surface area contributed by atoms with Crippen LogP contribution >= 0.6 is 23.2 Å². The minimum Gasteiger partial charge on any atom is -0.392 e. The van der Waals surface area contributed by atoms with Crippen LogP contribution in [0.15, 0.2) is 59.4 Å². The highest BCUT2D eigenvalue weighted by molar-refractivity contribution is 6.37. The third-order valence-corrected chi connectivity index (χ3v) is 3.92. The first-order valence-corrected chi connectivity index (χ1v) is 7.68. The van der Waals surface area contributed by atoms with E-state index in [1.54, 1.807) is 37.5 Å². The van der Waals surface area contributed by atoms with E-state index in [1.165, 1.54) is 0 Å². The van der Waals surface area contributed by atoms with Gasteiger partial charge in [0.25, 0.3) is 5.91 Å². The molecule has 0 saturated carbocycles. The number of nitrogens with zero attached hydrogens (tertiary/aromatic N) is 1. The van der Waals surface area contributed by atoms with Crippen LogP contribution in [0.25, 0.3) is 0 Å². The number of carbonyl (C=O) groups is 1. The molecule has 2 aromatic rings. The number of benzodiazepines with no additional fused rings is 1. The molecule has 0 atom stereocenters. The largest absolute Gasteiger partial charge is 0.392 e. The minimum absolute atomic E-state index is 0.259. The van der Waals surface area contributed by atoms with Gasteiger partial charge in [0, 0.05) is 34.4 Å². The molecule has 3 rings (SSSR count). The van der Waals surface area contributed by atoms with Crippen molar-refractivity contribution in [2.45, 2.75) is 0 Å². The van der Waals surface area contributed by atoms with Crippen LogP contribution in [-0.4, -0.2) is 18.7 Å². The summed E-state index contributed by atoms with van der Waals surface area (Å²) in [5, 5.41) is 6.78. The van der Waals surface area contributed by atoms with Crippen molar-refractivity contribution in [2.24, 2.45) is 4.99 Å². The summed E-state index contributed by atoms with van der Waals surface area (Å²) in [7, 11) is 1.71. The van der Waals surface area contributed by atoms with Crippen molar-refractivity contribution in [3.8, 4) is 0 Å². The lowest BCUT2D eigenvalue weighted by Gasteiger charge is -2.11. The van der Waals surface area contributed by atoms with Gasteiger partial charge in [0.15, 0.2) is 0 Å². The number of carbonyl (C=O) groups excluding carboxylic acids is 1. The zero-order chi connectivity index (χ0) is 16.4. The lowest BCUT2D eigenvalue weighted by Crippen LogP contribution is -2.14. The summed E-state index contributed by atoms with van der Waals surface area (Å²) in [6, 6.07) is 12.6. The van der Waals surface area contributed by atoms with Gasteiger partial charge in [-0.05, 0) is 24.3 Å². The molecule has 0 radical (unpaired) electrons.